The topological polar surface area (TPSA) is 73.2 Å². The first-order valence-corrected chi connectivity index (χ1v) is 6.10. The summed E-state index contributed by atoms with van der Waals surface area (Å²) in [5.41, 5.74) is 1.17. The zero-order valence-electron chi connectivity index (χ0n) is 11.2. The van der Waals surface area contributed by atoms with Crippen LogP contribution in [0.5, 0.6) is 0 Å². The molecule has 6 nitrogen and oxygen atoms in total. The molecule has 0 saturated carbocycles. The summed E-state index contributed by atoms with van der Waals surface area (Å²) in [4.78, 5) is 27.4. The van der Waals surface area contributed by atoms with Crippen LogP contribution in [0, 0.1) is 0 Å². The molecular formula is C14H15N3O3. The van der Waals surface area contributed by atoms with Gasteiger partial charge >= 0.3 is 5.97 Å². The Hall–Kier alpha value is -2.63. The van der Waals surface area contributed by atoms with Crippen LogP contribution < -0.4 is 5.32 Å². The molecule has 0 fully saturated rings. The number of amides is 1. The summed E-state index contributed by atoms with van der Waals surface area (Å²) >= 11 is 0. The standard InChI is InChI=1S/C14H15N3O3/c1-10(14(19)20-2)16-13(18)12-8-15-9-17(12)11-6-4-3-5-7-11/h3-10H,1-2H3,(H,16,18). The number of aromatic nitrogens is 2. The molecule has 1 atom stereocenters. The molecule has 0 aliphatic rings. The largest absolute Gasteiger partial charge is 0.467 e. The summed E-state index contributed by atoms with van der Waals surface area (Å²) in [7, 11) is 1.28. The van der Waals surface area contributed by atoms with Gasteiger partial charge in [0.05, 0.1) is 19.6 Å². The van der Waals surface area contributed by atoms with Gasteiger partial charge in [-0.05, 0) is 19.1 Å². The number of nitrogens with zero attached hydrogens (tertiary/aromatic N) is 2. The third-order valence-corrected chi connectivity index (χ3v) is 2.81. The molecule has 0 aliphatic carbocycles. The number of carbonyl (C=O) groups excluding carboxylic acids is 2. The van der Waals surface area contributed by atoms with Crippen LogP contribution >= 0.6 is 0 Å². The molecule has 1 N–H and O–H groups in total. The van der Waals surface area contributed by atoms with E-state index in [9.17, 15) is 9.59 Å². The predicted octanol–water partition coefficient (Wildman–Crippen LogP) is 1.16. The lowest BCUT2D eigenvalue weighted by atomic mass is 10.3. The SMILES string of the molecule is COC(=O)C(C)NC(=O)c1cncn1-c1ccccc1. The maximum absolute atomic E-state index is 12.2. The van der Waals surface area contributed by atoms with E-state index < -0.39 is 12.0 Å². The van der Waals surface area contributed by atoms with E-state index in [0.29, 0.717) is 5.69 Å². The van der Waals surface area contributed by atoms with Crippen molar-refractivity contribution in [3.8, 4) is 5.69 Å². The van der Waals surface area contributed by atoms with Gasteiger partial charge in [-0.15, -0.1) is 0 Å². The Morgan fingerprint density at radius 2 is 2.00 bits per heavy atom. The fourth-order valence-corrected chi connectivity index (χ4v) is 1.76. The number of rotatable bonds is 4. The van der Waals surface area contributed by atoms with Crippen LogP contribution in [0.4, 0.5) is 0 Å². The van der Waals surface area contributed by atoms with Crippen molar-refractivity contribution in [1.82, 2.24) is 14.9 Å². The van der Waals surface area contributed by atoms with Crippen LogP contribution in [0.3, 0.4) is 0 Å². The molecule has 2 rings (SSSR count). The summed E-state index contributed by atoms with van der Waals surface area (Å²) in [6.45, 7) is 1.56. The fourth-order valence-electron chi connectivity index (χ4n) is 1.76. The molecule has 104 valence electrons. The van der Waals surface area contributed by atoms with E-state index in [1.54, 1.807) is 17.8 Å². The number of hydrogen-bond donors (Lipinski definition) is 1. The number of hydrogen-bond acceptors (Lipinski definition) is 4. The van der Waals surface area contributed by atoms with E-state index in [2.05, 4.69) is 15.0 Å². The molecule has 1 amide bonds. The number of ether oxygens (including phenoxy) is 1. The Bertz CT molecular complexity index is 607. The monoisotopic (exact) mass is 273 g/mol. The first kappa shape index (κ1) is 13.8. The van der Waals surface area contributed by atoms with E-state index in [1.165, 1.54) is 13.3 Å². The molecule has 0 radical (unpaired) electrons. The first-order chi connectivity index (χ1) is 9.63. The van der Waals surface area contributed by atoms with Gasteiger partial charge in [0, 0.05) is 5.69 Å². The molecule has 0 spiro atoms. The van der Waals surface area contributed by atoms with Crippen molar-refractivity contribution in [1.29, 1.82) is 0 Å². The Kier molecular flexibility index (Phi) is 4.14. The molecule has 1 heterocycles. The summed E-state index contributed by atoms with van der Waals surface area (Å²) in [6.07, 6.45) is 3.00. The number of benzene rings is 1. The van der Waals surface area contributed by atoms with E-state index in [0.717, 1.165) is 5.69 Å². The fraction of sp³-hybridized carbons (Fsp3) is 0.214. The van der Waals surface area contributed by atoms with Gasteiger partial charge < -0.3 is 10.1 Å². The molecule has 1 aromatic heterocycles. The molecule has 20 heavy (non-hydrogen) atoms. The normalized spacial score (nSPS) is 11.7. The highest BCUT2D eigenvalue weighted by atomic mass is 16.5. The second-order valence-electron chi connectivity index (χ2n) is 4.20. The molecule has 0 bridgehead atoms. The van der Waals surface area contributed by atoms with Crippen LogP contribution in [0.25, 0.3) is 5.69 Å². The Morgan fingerprint density at radius 3 is 2.65 bits per heavy atom. The zero-order valence-corrected chi connectivity index (χ0v) is 11.2. The number of esters is 1. The van der Waals surface area contributed by atoms with Crippen LogP contribution in [0.1, 0.15) is 17.4 Å². The second kappa shape index (κ2) is 6.01. The third-order valence-electron chi connectivity index (χ3n) is 2.81. The highest BCUT2D eigenvalue weighted by Crippen LogP contribution is 2.10. The van der Waals surface area contributed by atoms with Crippen molar-refractivity contribution in [2.24, 2.45) is 0 Å². The van der Waals surface area contributed by atoms with Crippen LogP contribution in [0.15, 0.2) is 42.9 Å². The van der Waals surface area contributed by atoms with Gasteiger partial charge in [0.25, 0.3) is 5.91 Å². The van der Waals surface area contributed by atoms with Gasteiger partial charge in [-0.25, -0.2) is 9.78 Å². The van der Waals surface area contributed by atoms with Gasteiger partial charge in [0.15, 0.2) is 0 Å². The molecule has 1 aromatic carbocycles. The lowest BCUT2D eigenvalue weighted by molar-refractivity contribution is -0.142. The van der Waals surface area contributed by atoms with E-state index >= 15 is 0 Å². The average molecular weight is 273 g/mol. The number of nitrogens with one attached hydrogen (secondary N) is 1. The van der Waals surface area contributed by atoms with Crippen LogP contribution in [0.2, 0.25) is 0 Å². The number of imidazole rings is 1. The number of carbonyl (C=O) groups is 2. The Balaban J connectivity index is 2.20. The lowest BCUT2D eigenvalue weighted by Gasteiger charge is -2.12. The molecule has 6 heteroatoms. The Labute approximate surface area is 116 Å². The molecule has 0 saturated heterocycles. The van der Waals surface area contributed by atoms with E-state index in [1.807, 2.05) is 30.3 Å². The molecule has 1 unspecified atom stereocenters. The van der Waals surface area contributed by atoms with Crippen molar-refractivity contribution in [2.75, 3.05) is 7.11 Å². The minimum atomic E-state index is -0.716. The second-order valence-corrected chi connectivity index (χ2v) is 4.20. The maximum Gasteiger partial charge on any atom is 0.328 e. The predicted molar refractivity (Wildman–Crippen MR) is 72.5 cm³/mol. The quantitative estimate of drug-likeness (QED) is 0.848. The minimum Gasteiger partial charge on any atom is -0.467 e. The average Bonchev–Trinajstić information content (AvgIpc) is 2.96. The molecule has 2 aromatic rings. The van der Waals surface area contributed by atoms with E-state index in [-0.39, 0.29) is 5.91 Å². The maximum atomic E-state index is 12.2. The first-order valence-electron chi connectivity index (χ1n) is 6.10. The number of para-hydroxylation sites is 1. The highest BCUT2D eigenvalue weighted by Gasteiger charge is 2.19. The highest BCUT2D eigenvalue weighted by molar-refractivity contribution is 5.95. The van der Waals surface area contributed by atoms with E-state index in [4.69, 9.17) is 0 Å². The van der Waals surface area contributed by atoms with Gasteiger partial charge in [0.1, 0.15) is 11.7 Å². The van der Waals surface area contributed by atoms with Gasteiger partial charge in [-0.3, -0.25) is 9.36 Å². The van der Waals surface area contributed by atoms with Crippen molar-refractivity contribution in [2.45, 2.75) is 13.0 Å². The van der Waals surface area contributed by atoms with Gasteiger partial charge in [0.2, 0.25) is 0 Å². The third kappa shape index (κ3) is 2.85. The Morgan fingerprint density at radius 1 is 1.30 bits per heavy atom. The summed E-state index contributed by atoms with van der Waals surface area (Å²) < 4.78 is 6.22. The van der Waals surface area contributed by atoms with Gasteiger partial charge in [-0.2, -0.15) is 0 Å². The summed E-state index contributed by atoms with van der Waals surface area (Å²) in [6, 6.07) is 8.64. The number of methoxy groups -OCH3 is 1. The summed E-state index contributed by atoms with van der Waals surface area (Å²) in [5.74, 6) is -0.881. The van der Waals surface area contributed by atoms with Gasteiger partial charge in [-0.1, -0.05) is 18.2 Å². The molecular weight excluding hydrogens is 258 g/mol. The molecule has 0 aliphatic heterocycles. The summed E-state index contributed by atoms with van der Waals surface area (Å²) in [5, 5.41) is 2.57. The van der Waals surface area contributed by atoms with Crippen molar-refractivity contribution in [3.63, 3.8) is 0 Å². The van der Waals surface area contributed by atoms with Crippen molar-refractivity contribution >= 4 is 11.9 Å². The van der Waals surface area contributed by atoms with Crippen molar-refractivity contribution in [3.05, 3.63) is 48.5 Å². The lowest BCUT2D eigenvalue weighted by Crippen LogP contribution is -2.39. The minimum absolute atomic E-state index is 0.354. The van der Waals surface area contributed by atoms with Crippen LogP contribution in [-0.2, 0) is 9.53 Å². The smallest absolute Gasteiger partial charge is 0.328 e. The van der Waals surface area contributed by atoms with Crippen LogP contribution in [-0.4, -0.2) is 34.6 Å². The van der Waals surface area contributed by atoms with Crippen molar-refractivity contribution < 1.29 is 14.3 Å². The zero-order chi connectivity index (χ0) is 14.5.